The van der Waals surface area contributed by atoms with Gasteiger partial charge in [-0.3, -0.25) is 14.7 Å². The van der Waals surface area contributed by atoms with Gasteiger partial charge in [-0.2, -0.15) is 0 Å². The largest absolute Gasteiger partial charge is 0.495 e. The molecule has 0 aliphatic heterocycles. The van der Waals surface area contributed by atoms with E-state index in [1.807, 2.05) is 30.0 Å². The van der Waals surface area contributed by atoms with Crippen molar-refractivity contribution in [2.75, 3.05) is 45.9 Å². The first-order valence-electron chi connectivity index (χ1n) is 17.5. The van der Waals surface area contributed by atoms with Crippen LogP contribution in [0.2, 0.25) is 0 Å². The molecule has 3 aliphatic carbocycles. The molecule has 0 unspecified atom stereocenters. The Morgan fingerprint density at radius 1 is 0.938 bits per heavy atom. The van der Waals surface area contributed by atoms with Crippen LogP contribution in [0.5, 0.6) is 5.75 Å². The van der Waals surface area contributed by atoms with Gasteiger partial charge in [0.15, 0.2) is 5.89 Å². The number of rotatable bonds is 12. The van der Waals surface area contributed by atoms with Crippen LogP contribution < -0.4 is 9.64 Å². The van der Waals surface area contributed by atoms with Gasteiger partial charge in [-0.15, -0.1) is 0 Å². The number of hydrogen-bond donors (Lipinski definition) is 0. The molecule has 0 aromatic carbocycles. The second-order valence-corrected chi connectivity index (χ2v) is 13.7. The van der Waals surface area contributed by atoms with Gasteiger partial charge in [-0.1, -0.05) is 0 Å². The van der Waals surface area contributed by atoms with E-state index in [0.29, 0.717) is 69.0 Å². The van der Waals surface area contributed by atoms with Crippen molar-refractivity contribution in [3.05, 3.63) is 54.0 Å². The van der Waals surface area contributed by atoms with Crippen LogP contribution in [0.4, 0.5) is 10.6 Å². The van der Waals surface area contributed by atoms with E-state index in [1.165, 1.54) is 4.90 Å². The molecule has 0 saturated heterocycles. The highest BCUT2D eigenvalue weighted by Gasteiger charge is 2.35. The summed E-state index contributed by atoms with van der Waals surface area (Å²) in [5.41, 5.74) is 3.70. The van der Waals surface area contributed by atoms with Crippen LogP contribution in [0.3, 0.4) is 0 Å². The molecular weight excluding hydrogens is 610 g/mol. The minimum Gasteiger partial charge on any atom is -0.495 e. The molecule has 3 heterocycles. The topological polar surface area (TPSA) is 120 Å². The molecule has 0 bridgehead atoms. The standard InChI is InChI=1S/C37H49N5O6/c1-24-33(46-4)16-15-31(39-24)26-7-5-25(6-8-26)22-42(34-21-29(17-18-38-34)32-23-47-35(40-32)27-9-10-27)36(43)28-11-13-30(14-12-28)48-37(44)41(2)19-20-45-3/h15-18,21,23,25-28,30H,5-14,19-20,22H2,1-4H3/t25-,26-,28-,30-. The zero-order chi connectivity index (χ0) is 33.6. The Labute approximate surface area is 283 Å². The van der Waals surface area contributed by atoms with E-state index in [0.717, 1.165) is 72.8 Å². The third-order valence-electron chi connectivity index (χ3n) is 10.3. The monoisotopic (exact) mass is 659 g/mol. The molecule has 2 amide bonds. The lowest BCUT2D eigenvalue weighted by molar-refractivity contribution is -0.124. The summed E-state index contributed by atoms with van der Waals surface area (Å²) in [5, 5.41) is 0. The Balaban J connectivity index is 1.14. The van der Waals surface area contributed by atoms with Crippen LogP contribution in [0.1, 0.15) is 93.3 Å². The molecule has 0 spiro atoms. The second-order valence-electron chi connectivity index (χ2n) is 13.7. The van der Waals surface area contributed by atoms with E-state index in [9.17, 15) is 9.59 Å². The summed E-state index contributed by atoms with van der Waals surface area (Å²) in [6.07, 6.45) is 11.9. The maximum absolute atomic E-state index is 14.4. The number of hydrogen-bond acceptors (Lipinski definition) is 9. The summed E-state index contributed by atoms with van der Waals surface area (Å²) in [6, 6.07) is 8.01. The lowest BCUT2D eigenvalue weighted by atomic mass is 9.79. The van der Waals surface area contributed by atoms with Crippen LogP contribution in [-0.4, -0.2) is 78.9 Å². The first kappa shape index (κ1) is 33.9. The number of aromatic nitrogens is 3. The van der Waals surface area contributed by atoms with Crippen molar-refractivity contribution in [3.63, 3.8) is 0 Å². The minimum absolute atomic E-state index is 0.0926. The van der Waals surface area contributed by atoms with Gasteiger partial charge >= 0.3 is 6.09 Å². The molecule has 11 heteroatoms. The number of amides is 2. The summed E-state index contributed by atoms with van der Waals surface area (Å²) in [4.78, 5) is 44.7. The molecule has 3 aromatic heterocycles. The zero-order valence-electron chi connectivity index (χ0n) is 28.7. The van der Waals surface area contributed by atoms with Crippen LogP contribution >= 0.6 is 0 Å². The van der Waals surface area contributed by atoms with E-state index in [-0.39, 0.29) is 24.0 Å². The molecule has 3 aliphatic rings. The Morgan fingerprint density at radius 2 is 1.69 bits per heavy atom. The van der Waals surface area contributed by atoms with Crippen molar-refractivity contribution < 1.29 is 28.2 Å². The van der Waals surface area contributed by atoms with Crippen molar-refractivity contribution in [2.24, 2.45) is 11.8 Å². The normalized spacial score (nSPS) is 22.6. The molecule has 3 fully saturated rings. The van der Waals surface area contributed by atoms with Gasteiger partial charge in [0.05, 0.1) is 19.4 Å². The third kappa shape index (κ3) is 8.17. The summed E-state index contributed by atoms with van der Waals surface area (Å²) in [5.74, 6) is 3.35. The van der Waals surface area contributed by atoms with Gasteiger partial charge in [0.1, 0.15) is 29.6 Å². The summed E-state index contributed by atoms with van der Waals surface area (Å²) >= 11 is 0. The van der Waals surface area contributed by atoms with E-state index in [1.54, 1.807) is 33.7 Å². The molecule has 3 aromatic rings. The van der Waals surface area contributed by atoms with Gasteiger partial charge in [0, 0.05) is 62.5 Å². The third-order valence-corrected chi connectivity index (χ3v) is 10.3. The first-order chi connectivity index (χ1) is 23.3. The SMILES string of the molecule is COCCN(C)C(=O)O[C@H]1CC[C@H](C(=O)N(C[C@H]2CC[C@H](c3ccc(OC)c(C)n3)CC2)c2cc(-c3coc(C4CC4)n3)ccn2)CC1. The number of anilines is 1. The van der Waals surface area contributed by atoms with E-state index in [4.69, 9.17) is 33.6 Å². The zero-order valence-corrected chi connectivity index (χ0v) is 28.7. The molecule has 0 N–H and O–H groups in total. The predicted molar refractivity (Wildman–Crippen MR) is 181 cm³/mol. The fraction of sp³-hybridized carbons (Fsp3) is 0.595. The Morgan fingerprint density at radius 3 is 2.38 bits per heavy atom. The number of methoxy groups -OCH3 is 2. The number of carbonyl (C=O) groups excluding carboxylic acids is 2. The smallest absolute Gasteiger partial charge is 0.409 e. The fourth-order valence-electron chi connectivity index (χ4n) is 7.07. The van der Waals surface area contributed by atoms with Gasteiger partial charge in [0.2, 0.25) is 5.91 Å². The van der Waals surface area contributed by atoms with Crippen molar-refractivity contribution in [1.29, 1.82) is 0 Å². The van der Waals surface area contributed by atoms with Crippen LogP contribution in [0.25, 0.3) is 11.3 Å². The lowest BCUT2D eigenvalue weighted by Crippen LogP contribution is -2.43. The maximum atomic E-state index is 14.4. The van der Waals surface area contributed by atoms with Crippen molar-refractivity contribution in [3.8, 4) is 17.0 Å². The van der Waals surface area contributed by atoms with E-state index in [2.05, 4.69) is 6.07 Å². The number of likely N-dealkylation sites (N-methyl/N-ethyl adjacent to an activating group) is 1. The van der Waals surface area contributed by atoms with Crippen molar-refractivity contribution >= 4 is 17.8 Å². The van der Waals surface area contributed by atoms with Crippen LogP contribution in [0, 0.1) is 18.8 Å². The molecule has 3 saturated carbocycles. The first-order valence-corrected chi connectivity index (χ1v) is 17.5. The van der Waals surface area contributed by atoms with Crippen LogP contribution in [0.15, 0.2) is 41.1 Å². The molecule has 11 nitrogen and oxygen atoms in total. The number of carbonyl (C=O) groups is 2. The highest BCUT2D eigenvalue weighted by atomic mass is 16.6. The summed E-state index contributed by atoms with van der Waals surface area (Å²) < 4.78 is 22.0. The average molecular weight is 660 g/mol. The Bertz CT molecular complexity index is 1540. The Kier molecular flexibility index (Phi) is 10.9. The van der Waals surface area contributed by atoms with Gasteiger partial charge in [0.25, 0.3) is 0 Å². The summed E-state index contributed by atoms with van der Waals surface area (Å²) in [7, 11) is 5.00. The molecular formula is C37H49N5O6. The Hall–Kier alpha value is -3.99. The van der Waals surface area contributed by atoms with E-state index < -0.39 is 0 Å². The molecule has 48 heavy (non-hydrogen) atoms. The molecule has 0 radical (unpaired) electrons. The number of nitrogens with zero attached hydrogens (tertiary/aromatic N) is 5. The van der Waals surface area contributed by atoms with Crippen molar-refractivity contribution in [1.82, 2.24) is 19.9 Å². The average Bonchev–Trinajstić information content (AvgIpc) is 3.85. The number of oxazole rings is 1. The van der Waals surface area contributed by atoms with E-state index >= 15 is 0 Å². The van der Waals surface area contributed by atoms with Gasteiger partial charge in [-0.25, -0.2) is 14.8 Å². The van der Waals surface area contributed by atoms with Crippen molar-refractivity contribution in [2.45, 2.75) is 89.1 Å². The predicted octanol–water partition coefficient (Wildman–Crippen LogP) is 6.91. The maximum Gasteiger partial charge on any atom is 0.409 e. The highest BCUT2D eigenvalue weighted by molar-refractivity contribution is 5.94. The number of ether oxygens (including phenoxy) is 3. The van der Waals surface area contributed by atoms with Gasteiger partial charge in [-0.05, 0) is 101 Å². The molecule has 0 atom stereocenters. The number of pyridine rings is 2. The van der Waals surface area contributed by atoms with Crippen LogP contribution in [-0.2, 0) is 14.3 Å². The van der Waals surface area contributed by atoms with Gasteiger partial charge < -0.3 is 23.5 Å². The fourth-order valence-corrected chi connectivity index (χ4v) is 7.07. The number of aryl methyl sites for hydroxylation is 1. The molecule has 6 rings (SSSR count). The minimum atomic E-state index is -0.349. The highest BCUT2D eigenvalue weighted by Crippen LogP contribution is 2.41. The summed E-state index contributed by atoms with van der Waals surface area (Å²) in [6.45, 7) is 3.53. The lowest BCUT2D eigenvalue weighted by Gasteiger charge is -2.35. The second kappa shape index (κ2) is 15.5. The molecule has 258 valence electrons. The quantitative estimate of drug-likeness (QED) is 0.204.